The highest BCUT2D eigenvalue weighted by Gasteiger charge is 2.46. The fourth-order valence-corrected chi connectivity index (χ4v) is 9.92. The van der Waals surface area contributed by atoms with Crippen molar-refractivity contribution in [2.24, 2.45) is 0 Å². The summed E-state index contributed by atoms with van der Waals surface area (Å²) in [7, 11) is -8.93. The van der Waals surface area contributed by atoms with Gasteiger partial charge in [0, 0.05) is 11.1 Å². The average Bonchev–Trinajstić information content (AvgIpc) is 3.55. The van der Waals surface area contributed by atoms with Crippen LogP contribution < -0.4 is 8.37 Å². The molecule has 0 bridgehead atoms. The number of hydrogen-bond donors (Lipinski definition) is 0. The SMILES string of the molecule is O=S(=O)(Oc1ccc(C2(c3ccc(OS(=O)(=O)c4cccc(F)c4)c(-c4ccccc4)c3)c3ccccc3-c3ccccc32)cc1-c1ccccc1)c1cccc(F)c1. The average molecular weight is 819 g/mol. The molecule has 0 saturated carbocycles. The van der Waals surface area contributed by atoms with Crippen LogP contribution in [0.2, 0.25) is 0 Å². The predicted octanol–water partition coefficient (Wildman–Crippen LogP) is 11.2. The Labute approximate surface area is 340 Å². The summed E-state index contributed by atoms with van der Waals surface area (Å²) in [5.74, 6) is -1.36. The number of rotatable bonds is 10. The van der Waals surface area contributed by atoms with Gasteiger partial charge in [-0.05, 0) is 105 Å². The maximum Gasteiger partial charge on any atom is 0.339 e. The third-order valence-electron chi connectivity index (χ3n) is 10.5. The molecule has 0 heterocycles. The number of fused-ring (bicyclic) bond motifs is 3. The van der Waals surface area contributed by atoms with Crippen LogP contribution in [0.5, 0.6) is 11.5 Å². The molecule has 1 aliphatic carbocycles. The Morgan fingerprint density at radius 3 is 1.17 bits per heavy atom. The van der Waals surface area contributed by atoms with Gasteiger partial charge in [-0.2, -0.15) is 16.8 Å². The lowest BCUT2D eigenvalue weighted by atomic mass is 9.67. The van der Waals surface area contributed by atoms with Crippen molar-refractivity contribution in [3.8, 4) is 44.9 Å². The first-order chi connectivity index (χ1) is 28.5. The van der Waals surface area contributed by atoms with Gasteiger partial charge in [0.25, 0.3) is 0 Å². The molecule has 6 nitrogen and oxygen atoms in total. The minimum Gasteiger partial charge on any atom is -0.378 e. The van der Waals surface area contributed by atoms with Crippen LogP contribution in [0.25, 0.3) is 33.4 Å². The Bertz CT molecular complexity index is 2910. The summed E-state index contributed by atoms with van der Waals surface area (Å²) in [6.45, 7) is 0. The molecular weight excluding hydrogens is 787 g/mol. The molecule has 0 atom stereocenters. The van der Waals surface area contributed by atoms with Gasteiger partial charge >= 0.3 is 20.2 Å². The molecule has 290 valence electrons. The zero-order valence-electron chi connectivity index (χ0n) is 31.0. The van der Waals surface area contributed by atoms with Crippen LogP contribution in [0.3, 0.4) is 0 Å². The minimum atomic E-state index is -4.47. The summed E-state index contributed by atoms with van der Waals surface area (Å²) in [4.78, 5) is -0.656. The van der Waals surface area contributed by atoms with Crippen LogP contribution in [0.15, 0.2) is 204 Å². The first kappa shape index (κ1) is 37.7. The van der Waals surface area contributed by atoms with Crippen LogP contribution >= 0.6 is 0 Å². The highest BCUT2D eigenvalue weighted by Crippen LogP contribution is 2.57. The summed E-state index contributed by atoms with van der Waals surface area (Å²) in [5, 5.41) is 0. The number of hydrogen-bond acceptors (Lipinski definition) is 6. The van der Waals surface area contributed by atoms with Gasteiger partial charge in [-0.3, -0.25) is 0 Å². The molecular formula is C49H32F2O6S2. The lowest BCUT2D eigenvalue weighted by Crippen LogP contribution is -2.29. The van der Waals surface area contributed by atoms with Gasteiger partial charge in [0.1, 0.15) is 21.4 Å². The molecule has 0 spiro atoms. The number of benzene rings is 8. The van der Waals surface area contributed by atoms with Crippen LogP contribution in [-0.2, 0) is 25.7 Å². The van der Waals surface area contributed by atoms with Crippen LogP contribution in [0.4, 0.5) is 8.78 Å². The highest BCUT2D eigenvalue weighted by atomic mass is 32.2. The van der Waals surface area contributed by atoms with Gasteiger partial charge in [-0.1, -0.05) is 133 Å². The molecule has 0 saturated heterocycles. The first-order valence-corrected chi connectivity index (χ1v) is 21.4. The van der Waals surface area contributed by atoms with E-state index in [9.17, 15) is 25.6 Å². The van der Waals surface area contributed by atoms with E-state index in [4.69, 9.17) is 8.37 Å². The molecule has 8 aromatic carbocycles. The zero-order valence-corrected chi connectivity index (χ0v) is 32.6. The van der Waals surface area contributed by atoms with E-state index in [0.29, 0.717) is 22.3 Å². The fourth-order valence-electron chi connectivity index (χ4n) is 7.96. The van der Waals surface area contributed by atoms with Crippen molar-refractivity contribution >= 4 is 20.2 Å². The third kappa shape index (κ3) is 6.76. The summed E-state index contributed by atoms with van der Waals surface area (Å²) < 4.78 is 94.6. The third-order valence-corrected chi connectivity index (χ3v) is 13.0. The van der Waals surface area contributed by atoms with Gasteiger partial charge in [0.15, 0.2) is 11.5 Å². The molecule has 0 radical (unpaired) electrons. The molecule has 0 aromatic heterocycles. The smallest absolute Gasteiger partial charge is 0.339 e. The van der Waals surface area contributed by atoms with Gasteiger partial charge in [0.05, 0.1) is 5.41 Å². The standard InChI is InChI=1S/C49H32F2O6S2/c50-37-17-11-19-39(31-37)58(52,53)56-47-27-25-35(29-43(47)33-13-3-1-4-14-33)49(45-23-9-7-21-41(45)42-22-8-10-24-46(42)49)36-26-28-48(44(30-36)34-15-5-2-6-16-34)57-59(54,55)40-20-12-18-38(51)32-40/h1-32H. The van der Waals surface area contributed by atoms with E-state index in [1.54, 1.807) is 12.1 Å². The Hall–Kier alpha value is -6.88. The monoisotopic (exact) mass is 818 g/mol. The van der Waals surface area contributed by atoms with Crippen molar-refractivity contribution in [1.82, 2.24) is 0 Å². The van der Waals surface area contributed by atoms with E-state index in [0.717, 1.165) is 57.6 Å². The van der Waals surface area contributed by atoms with Gasteiger partial charge < -0.3 is 8.37 Å². The maximum absolute atomic E-state index is 14.2. The molecule has 59 heavy (non-hydrogen) atoms. The predicted molar refractivity (Wildman–Crippen MR) is 223 cm³/mol. The molecule has 9 rings (SSSR count). The van der Waals surface area contributed by atoms with E-state index in [-0.39, 0.29) is 21.3 Å². The van der Waals surface area contributed by atoms with Gasteiger partial charge in [-0.15, -0.1) is 0 Å². The molecule has 10 heteroatoms. The topological polar surface area (TPSA) is 86.7 Å². The Balaban J connectivity index is 1.30. The van der Waals surface area contributed by atoms with E-state index in [2.05, 4.69) is 24.3 Å². The van der Waals surface area contributed by atoms with Crippen molar-refractivity contribution in [2.45, 2.75) is 15.2 Å². The van der Waals surface area contributed by atoms with E-state index in [1.807, 2.05) is 109 Å². The molecule has 1 aliphatic rings. The maximum atomic E-state index is 14.2. The van der Waals surface area contributed by atoms with Crippen molar-refractivity contribution in [3.63, 3.8) is 0 Å². The minimum absolute atomic E-state index is 0.0372. The van der Waals surface area contributed by atoms with E-state index < -0.39 is 37.3 Å². The second-order valence-electron chi connectivity index (χ2n) is 14.0. The van der Waals surface area contributed by atoms with Crippen molar-refractivity contribution in [2.75, 3.05) is 0 Å². The summed E-state index contributed by atoms with van der Waals surface area (Å²) in [6, 6.07) is 54.5. The van der Waals surface area contributed by atoms with Crippen LogP contribution in [0, 0.1) is 11.6 Å². The van der Waals surface area contributed by atoms with Crippen molar-refractivity contribution in [3.05, 3.63) is 228 Å². The first-order valence-electron chi connectivity index (χ1n) is 18.5. The Morgan fingerprint density at radius 2 is 0.763 bits per heavy atom. The van der Waals surface area contributed by atoms with Gasteiger partial charge in [0.2, 0.25) is 0 Å². The second kappa shape index (κ2) is 14.8. The van der Waals surface area contributed by atoms with Crippen molar-refractivity contribution < 1.29 is 34.0 Å². The lowest BCUT2D eigenvalue weighted by Gasteiger charge is -2.35. The van der Waals surface area contributed by atoms with E-state index in [1.165, 1.54) is 24.3 Å². The molecule has 0 aliphatic heterocycles. The summed E-state index contributed by atoms with van der Waals surface area (Å²) >= 11 is 0. The molecule has 0 fully saturated rings. The molecule has 0 N–H and O–H groups in total. The molecule has 8 aromatic rings. The Kier molecular flexibility index (Phi) is 9.46. The van der Waals surface area contributed by atoms with Gasteiger partial charge in [-0.25, -0.2) is 8.78 Å². The fraction of sp³-hybridized carbons (Fsp3) is 0.0204. The highest BCUT2D eigenvalue weighted by molar-refractivity contribution is 7.87. The van der Waals surface area contributed by atoms with Crippen LogP contribution in [0.1, 0.15) is 22.3 Å². The largest absolute Gasteiger partial charge is 0.378 e. The second-order valence-corrected chi connectivity index (χ2v) is 17.1. The van der Waals surface area contributed by atoms with Crippen LogP contribution in [-0.4, -0.2) is 16.8 Å². The van der Waals surface area contributed by atoms with E-state index >= 15 is 0 Å². The molecule has 0 unspecified atom stereocenters. The summed E-state index contributed by atoms with van der Waals surface area (Å²) in [6.07, 6.45) is 0. The molecule has 0 amide bonds. The zero-order chi connectivity index (χ0) is 40.8. The summed E-state index contributed by atoms with van der Waals surface area (Å²) in [5.41, 5.74) is 6.55. The Morgan fingerprint density at radius 1 is 0.373 bits per heavy atom. The number of halogens is 2. The lowest BCUT2D eigenvalue weighted by molar-refractivity contribution is 0.484. The van der Waals surface area contributed by atoms with Crippen molar-refractivity contribution in [1.29, 1.82) is 0 Å². The normalized spacial score (nSPS) is 13.0. The quantitative estimate of drug-likeness (QED) is 0.128.